The third kappa shape index (κ3) is 2.03. The molecule has 0 radical (unpaired) electrons. The van der Waals surface area contributed by atoms with E-state index in [2.05, 4.69) is 4.98 Å². The zero-order valence-electron chi connectivity index (χ0n) is 7.98. The van der Waals surface area contributed by atoms with E-state index in [0.717, 1.165) is 10.9 Å². The van der Waals surface area contributed by atoms with E-state index in [0.29, 0.717) is 10.8 Å². The summed E-state index contributed by atoms with van der Waals surface area (Å²) in [5.74, 6) is 0.643. The van der Waals surface area contributed by atoms with Crippen molar-refractivity contribution in [3.05, 3.63) is 35.5 Å². The van der Waals surface area contributed by atoms with Gasteiger partial charge >= 0.3 is 0 Å². The highest BCUT2D eigenvalue weighted by Crippen LogP contribution is 2.29. The lowest BCUT2D eigenvalue weighted by molar-refractivity contribution is 0.202. The van der Waals surface area contributed by atoms with Crippen molar-refractivity contribution in [3.63, 3.8) is 0 Å². The Morgan fingerprint density at radius 3 is 3.00 bits per heavy atom. The standard InChI is InChI=1S/C11H10ClNO2/c12-9-3-4-10(15-7-6-14)11-8(9)2-1-5-13-11/h1-5,14H,6-7H2. The number of hydrogen-bond acceptors (Lipinski definition) is 3. The second-order valence-corrected chi connectivity index (χ2v) is 3.42. The summed E-state index contributed by atoms with van der Waals surface area (Å²) in [4.78, 5) is 4.20. The SMILES string of the molecule is OCCOc1ccc(Cl)c2cccnc12. The Labute approximate surface area is 92.3 Å². The van der Waals surface area contributed by atoms with Crippen LogP contribution in [0, 0.1) is 0 Å². The lowest BCUT2D eigenvalue weighted by Crippen LogP contribution is -2.02. The molecular formula is C11H10ClNO2. The molecule has 1 N–H and O–H groups in total. The van der Waals surface area contributed by atoms with Crippen molar-refractivity contribution in [1.82, 2.24) is 4.98 Å². The van der Waals surface area contributed by atoms with E-state index in [1.807, 2.05) is 12.1 Å². The number of aliphatic hydroxyl groups excluding tert-OH is 1. The van der Waals surface area contributed by atoms with Crippen LogP contribution in [0.3, 0.4) is 0 Å². The molecule has 0 aliphatic carbocycles. The quantitative estimate of drug-likeness (QED) is 0.868. The fraction of sp³-hybridized carbons (Fsp3) is 0.182. The number of ether oxygens (including phenoxy) is 1. The van der Waals surface area contributed by atoms with E-state index in [9.17, 15) is 0 Å². The zero-order chi connectivity index (χ0) is 10.7. The van der Waals surface area contributed by atoms with Crippen LogP contribution in [0.5, 0.6) is 5.75 Å². The Morgan fingerprint density at radius 1 is 1.33 bits per heavy atom. The molecule has 1 aromatic heterocycles. The first-order valence-electron chi connectivity index (χ1n) is 4.60. The molecule has 4 heteroatoms. The number of pyridine rings is 1. The molecule has 2 aromatic rings. The minimum absolute atomic E-state index is 0.0169. The molecule has 0 spiro atoms. The number of hydrogen-bond donors (Lipinski definition) is 1. The first-order valence-corrected chi connectivity index (χ1v) is 4.97. The molecule has 1 heterocycles. The van der Waals surface area contributed by atoms with Gasteiger partial charge in [0, 0.05) is 11.6 Å². The molecule has 0 saturated heterocycles. The summed E-state index contributed by atoms with van der Waals surface area (Å²) in [6.45, 7) is 0.240. The Bertz CT molecular complexity index is 473. The number of nitrogens with zero attached hydrogens (tertiary/aromatic N) is 1. The predicted molar refractivity (Wildman–Crippen MR) is 59.3 cm³/mol. The van der Waals surface area contributed by atoms with Gasteiger partial charge < -0.3 is 9.84 Å². The van der Waals surface area contributed by atoms with Gasteiger partial charge in [0.2, 0.25) is 0 Å². The van der Waals surface area contributed by atoms with E-state index < -0.39 is 0 Å². The van der Waals surface area contributed by atoms with Gasteiger partial charge in [-0.05, 0) is 24.3 Å². The molecule has 0 atom stereocenters. The lowest BCUT2D eigenvalue weighted by Gasteiger charge is -2.07. The minimum atomic E-state index is -0.0169. The van der Waals surface area contributed by atoms with Crippen molar-refractivity contribution in [2.45, 2.75) is 0 Å². The van der Waals surface area contributed by atoms with Crippen molar-refractivity contribution in [1.29, 1.82) is 0 Å². The smallest absolute Gasteiger partial charge is 0.145 e. The molecule has 0 aliphatic heterocycles. The van der Waals surface area contributed by atoms with E-state index in [1.165, 1.54) is 0 Å². The van der Waals surface area contributed by atoms with Gasteiger partial charge in [-0.1, -0.05) is 11.6 Å². The average molecular weight is 224 g/mol. The second kappa shape index (κ2) is 4.47. The van der Waals surface area contributed by atoms with Crippen molar-refractivity contribution >= 4 is 22.5 Å². The van der Waals surface area contributed by atoms with Crippen molar-refractivity contribution in [3.8, 4) is 5.75 Å². The summed E-state index contributed by atoms with van der Waals surface area (Å²) < 4.78 is 5.35. The first-order chi connectivity index (χ1) is 7.33. The van der Waals surface area contributed by atoms with E-state index in [-0.39, 0.29) is 13.2 Å². The van der Waals surface area contributed by atoms with Crippen LogP contribution in [-0.4, -0.2) is 23.3 Å². The molecule has 0 bridgehead atoms. The number of fused-ring (bicyclic) bond motifs is 1. The Kier molecular flexibility index (Phi) is 3.04. The number of rotatable bonds is 3. The van der Waals surface area contributed by atoms with Gasteiger partial charge in [0.1, 0.15) is 17.9 Å². The number of halogens is 1. The second-order valence-electron chi connectivity index (χ2n) is 3.02. The molecule has 15 heavy (non-hydrogen) atoms. The minimum Gasteiger partial charge on any atom is -0.489 e. The first kappa shape index (κ1) is 10.2. The fourth-order valence-corrected chi connectivity index (χ4v) is 1.60. The van der Waals surface area contributed by atoms with Crippen LogP contribution in [0.4, 0.5) is 0 Å². The van der Waals surface area contributed by atoms with Crippen LogP contribution in [0.25, 0.3) is 10.9 Å². The number of aliphatic hydroxyl groups is 1. The Balaban J connectivity index is 2.51. The van der Waals surface area contributed by atoms with Gasteiger partial charge in [0.15, 0.2) is 0 Å². The van der Waals surface area contributed by atoms with E-state index in [4.69, 9.17) is 21.4 Å². The summed E-state index contributed by atoms with van der Waals surface area (Å²) >= 11 is 6.02. The molecule has 0 saturated carbocycles. The highest BCUT2D eigenvalue weighted by Gasteiger charge is 2.05. The molecule has 2 rings (SSSR count). The molecule has 0 unspecified atom stereocenters. The van der Waals surface area contributed by atoms with Crippen LogP contribution in [0.1, 0.15) is 0 Å². The van der Waals surface area contributed by atoms with Crippen LogP contribution in [0.15, 0.2) is 30.5 Å². The monoisotopic (exact) mass is 223 g/mol. The molecule has 78 valence electrons. The maximum Gasteiger partial charge on any atom is 0.145 e. The molecular weight excluding hydrogens is 214 g/mol. The van der Waals surface area contributed by atoms with E-state index >= 15 is 0 Å². The average Bonchev–Trinajstić information content (AvgIpc) is 2.29. The summed E-state index contributed by atoms with van der Waals surface area (Å²) in [5, 5.41) is 10.2. The molecule has 0 aliphatic rings. The van der Waals surface area contributed by atoms with Gasteiger partial charge in [0.05, 0.1) is 11.6 Å². The maximum atomic E-state index is 8.68. The normalized spacial score (nSPS) is 10.5. The van der Waals surface area contributed by atoms with Crippen LogP contribution < -0.4 is 4.74 Å². The predicted octanol–water partition coefficient (Wildman–Crippen LogP) is 2.26. The summed E-state index contributed by atoms with van der Waals surface area (Å²) in [7, 11) is 0. The molecule has 1 aromatic carbocycles. The van der Waals surface area contributed by atoms with Crippen LogP contribution in [-0.2, 0) is 0 Å². The van der Waals surface area contributed by atoms with Gasteiger partial charge in [0.25, 0.3) is 0 Å². The Hall–Kier alpha value is -1.32. The number of benzene rings is 1. The topological polar surface area (TPSA) is 42.4 Å². The van der Waals surface area contributed by atoms with Gasteiger partial charge in [-0.25, -0.2) is 0 Å². The summed E-state index contributed by atoms with van der Waals surface area (Å²) in [5.41, 5.74) is 0.721. The zero-order valence-corrected chi connectivity index (χ0v) is 8.74. The third-order valence-corrected chi connectivity index (χ3v) is 2.36. The van der Waals surface area contributed by atoms with Crippen molar-refractivity contribution in [2.24, 2.45) is 0 Å². The van der Waals surface area contributed by atoms with Crippen LogP contribution in [0.2, 0.25) is 5.02 Å². The summed E-state index contributed by atoms with van der Waals surface area (Å²) in [6.07, 6.45) is 1.68. The molecule has 0 amide bonds. The van der Waals surface area contributed by atoms with E-state index in [1.54, 1.807) is 18.3 Å². The van der Waals surface area contributed by atoms with Gasteiger partial charge in [-0.15, -0.1) is 0 Å². The number of aromatic nitrogens is 1. The van der Waals surface area contributed by atoms with Gasteiger partial charge in [-0.3, -0.25) is 4.98 Å². The lowest BCUT2D eigenvalue weighted by atomic mass is 10.2. The molecule has 3 nitrogen and oxygen atoms in total. The maximum absolute atomic E-state index is 8.68. The highest BCUT2D eigenvalue weighted by atomic mass is 35.5. The molecule has 0 fully saturated rings. The van der Waals surface area contributed by atoms with Gasteiger partial charge in [-0.2, -0.15) is 0 Å². The summed E-state index contributed by atoms with van der Waals surface area (Å²) in [6, 6.07) is 7.23. The third-order valence-electron chi connectivity index (χ3n) is 2.03. The highest BCUT2D eigenvalue weighted by molar-refractivity contribution is 6.35. The Morgan fingerprint density at radius 2 is 2.20 bits per heavy atom. The van der Waals surface area contributed by atoms with Crippen molar-refractivity contribution in [2.75, 3.05) is 13.2 Å². The van der Waals surface area contributed by atoms with Crippen LogP contribution >= 0.6 is 11.6 Å². The van der Waals surface area contributed by atoms with Crippen molar-refractivity contribution < 1.29 is 9.84 Å². The fourth-order valence-electron chi connectivity index (χ4n) is 1.38. The largest absolute Gasteiger partial charge is 0.489 e.